The Kier molecular flexibility index (Phi) is 6.80. The van der Waals surface area contributed by atoms with Crippen molar-refractivity contribution >= 4 is 37.6 Å². The van der Waals surface area contributed by atoms with Gasteiger partial charge in [0.15, 0.2) is 11.2 Å². The zero-order chi connectivity index (χ0) is 28.3. The molecule has 5 atom stereocenters. The third-order valence-corrected chi connectivity index (χ3v) is 10.9. The van der Waals surface area contributed by atoms with Crippen molar-refractivity contribution in [1.29, 1.82) is 0 Å². The summed E-state index contributed by atoms with van der Waals surface area (Å²) in [4.78, 5) is 4.38. The third kappa shape index (κ3) is 3.94. The van der Waals surface area contributed by atoms with Gasteiger partial charge in [-0.15, -0.1) is 0 Å². The van der Waals surface area contributed by atoms with Gasteiger partial charge in [0.1, 0.15) is 22.8 Å². The molecular formula is C30H26BrClN2O5S. The lowest BCUT2D eigenvalue weighted by Crippen LogP contribution is -2.52. The van der Waals surface area contributed by atoms with Crippen molar-refractivity contribution in [3.8, 4) is 5.75 Å². The van der Waals surface area contributed by atoms with E-state index in [1.54, 1.807) is 48.5 Å². The summed E-state index contributed by atoms with van der Waals surface area (Å²) in [5.41, 5.74) is -2.08. The van der Waals surface area contributed by atoms with Crippen molar-refractivity contribution in [3.05, 3.63) is 129 Å². The van der Waals surface area contributed by atoms with Gasteiger partial charge in [0, 0.05) is 30.3 Å². The van der Waals surface area contributed by atoms with E-state index in [0.29, 0.717) is 11.1 Å². The molecule has 2 N–H and O–H groups in total. The number of hydrogen-bond acceptors (Lipinski definition) is 6. The monoisotopic (exact) mass is 640 g/mol. The van der Waals surface area contributed by atoms with Crippen LogP contribution >= 0.6 is 27.5 Å². The van der Waals surface area contributed by atoms with Crippen molar-refractivity contribution in [2.24, 2.45) is 0 Å². The molecule has 1 fully saturated rings. The Balaban J connectivity index is 1.61. The summed E-state index contributed by atoms with van der Waals surface area (Å²) in [5.74, 6) is -0.850. The first-order valence-electron chi connectivity index (χ1n) is 12.7. The van der Waals surface area contributed by atoms with Crippen molar-refractivity contribution in [3.63, 3.8) is 0 Å². The number of sulfonamides is 1. The Morgan fingerprint density at radius 1 is 1.02 bits per heavy atom. The molecule has 1 aromatic heterocycles. The second-order valence-electron chi connectivity index (χ2n) is 10.2. The van der Waals surface area contributed by atoms with E-state index in [1.165, 1.54) is 23.6 Å². The predicted octanol–water partition coefficient (Wildman–Crippen LogP) is 4.96. The van der Waals surface area contributed by atoms with Gasteiger partial charge < -0.3 is 14.9 Å². The summed E-state index contributed by atoms with van der Waals surface area (Å²) in [6.07, 6.45) is -0.452. The zero-order valence-corrected chi connectivity index (χ0v) is 24.5. The number of ether oxygens (including phenoxy) is 1. The molecule has 0 saturated heterocycles. The third-order valence-electron chi connectivity index (χ3n) is 7.98. The quantitative estimate of drug-likeness (QED) is 0.309. The Morgan fingerprint density at radius 3 is 2.30 bits per heavy atom. The van der Waals surface area contributed by atoms with Gasteiger partial charge in [-0.1, -0.05) is 100 Å². The van der Waals surface area contributed by atoms with Crippen LogP contribution in [0.25, 0.3) is 0 Å². The molecular weight excluding hydrogens is 616 g/mol. The Hall–Kier alpha value is -2.79. The number of halogens is 2. The molecule has 0 radical (unpaired) electrons. The number of rotatable bonds is 6. The molecule has 1 aliphatic carbocycles. The first-order valence-corrected chi connectivity index (χ1v) is 15.3. The average Bonchev–Trinajstić information content (AvgIpc) is 3.32. The number of aliphatic hydroxyl groups is 2. The minimum Gasteiger partial charge on any atom is -0.476 e. The number of fused-ring (bicyclic) bond motifs is 3. The van der Waals surface area contributed by atoms with Crippen molar-refractivity contribution in [1.82, 2.24) is 9.29 Å². The normalized spacial score (nSPS) is 27.3. The fourth-order valence-electron chi connectivity index (χ4n) is 6.24. The van der Waals surface area contributed by atoms with Gasteiger partial charge >= 0.3 is 0 Å². The number of aromatic nitrogens is 1. The standard InChI is InChI=1S/C30H26BrClN2O5S/c1-34(18-19-8-4-2-5-9-19)40(37,38)26-25(20-10-6-3-7-11-20)30(21-12-14-22(31)15-13-21)29(36,28(26)35)27-24(39-30)16-23(32)17-33-27/h2-17,25-26,28,35-36H,18H2,1H3/t25-,26-,28-,29+,30+/m1/s1. The van der Waals surface area contributed by atoms with E-state index >= 15 is 0 Å². The van der Waals surface area contributed by atoms with Crippen LogP contribution in [0.3, 0.4) is 0 Å². The number of hydrogen-bond donors (Lipinski definition) is 2. The zero-order valence-electron chi connectivity index (χ0n) is 21.4. The van der Waals surface area contributed by atoms with Gasteiger partial charge in [-0.25, -0.2) is 12.7 Å². The summed E-state index contributed by atoms with van der Waals surface area (Å²) in [6, 6.07) is 26.8. The maximum atomic E-state index is 14.4. The first kappa shape index (κ1) is 27.4. The van der Waals surface area contributed by atoms with Gasteiger partial charge in [0.05, 0.1) is 10.9 Å². The van der Waals surface area contributed by atoms with E-state index in [1.807, 2.05) is 36.4 Å². The molecule has 1 saturated carbocycles. The summed E-state index contributed by atoms with van der Waals surface area (Å²) in [6.45, 7) is 0.0862. The van der Waals surface area contributed by atoms with Crippen LogP contribution in [-0.2, 0) is 27.8 Å². The van der Waals surface area contributed by atoms with Crippen LogP contribution in [0.4, 0.5) is 0 Å². The van der Waals surface area contributed by atoms with Crippen molar-refractivity contribution < 1.29 is 23.4 Å². The van der Waals surface area contributed by atoms with E-state index in [9.17, 15) is 18.6 Å². The van der Waals surface area contributed by atoms with Crippen molar-refractivity contribution in [2.75, 3.05) is 7.05 Å². The van der Waals surface area contributed by atoms with Gasteiger partial charge in [-0.3, -0.25) is 4.98 Å². The molecule has 206 valence electrons. The van der Waals surface area contributed by atoms with E-state index in [4.69, 9.17) is 16.3 Å². The minimum atomic E-state index is -4.25. The maximum Gasteiger partial charge on any atom is 0.220 e. The first-order chi connectivity index (χ1) is 19.1. The fraction of sp³-hybridized carbons (Fsp3) is 0.233. The topological polar surface area (TPSA) is 100.0 Å². The lowest BCUT2D eigenvalue weighted by atomic mass is 9.72. The number of pyridine rings is 1. The summed E-state index contributed by atoms with van der Waals surface area (Å²) in [5, 5.41) is 23.6. The Labute approximate surface area is 246 Å². The summed E-state index contributed by atoms with van der Waals surface area (Å²) >= 11 is 9.71. The lowest BCUT2D eigenvalue weighted by Gasteiger charge is -2.40. The van der Waals surface area contributed by atoms with Crippen LogP contribution in [0.5, 0.6) is 5.75 Å². The second kappa shape index (κ2) is 9.94. The molecule has 3 aromatic carbocycles. The predicted molar refractivity (Wildman–Crippen MR) is 155 cm³/mol. The van der Waals surface area contributed by atoms with Gasteiger partial charge in [-0.2, -0.15) is 0 Å². The van der Waals surface area contributed by atoms with Crippen LogP contribution in [0, 0.1) is 0 Å². The smallest absolute Gasteiger partial charge is 0.220 e. The molecule has 4 aromatic rings. The highest BCUT2D eigenvalue weighted by atomic mass is 79.9. The number of benzene rings is 3. The minimum absolute atomic E-state index is 0.0386. The van der Waals surface area contributed by atoms with Crippen LogP contribution in [-0.4, -0.2) is 46.3 Å². The molecule has 7 nitrogen and oxygen atoms in total. The lowest BCUT2D eigenvalue weighted by molar-refractivity contribution is -0.150. The molecule has 2 heterocycles. The van der Waals surface area contributed by atoms with Gasteiger partial charge in [-0.05, 0) is 28.8 Å². The summed E-state index contributed by atoms with van der Waals surface area (Å²) in [7, 11) is -2.77. The SMILES string of the molecule is CN(Cc1ccccc1)S(=O)(=O)[C@H]1[C@@H](O)[C@@]2(O)c3ncc(Cl)cc3O[C@@]2(c2ccc(Br)cc2)[C@@H]1c1ccccc1. The van der Waals surface area contributed by atoms with Crippen molar-refractivity contribution in [2.45, 2.75) is 35.0 Å². The van der Waals surface area contributed by atoms with Gasteiger partial charge in [0.25, 0.3) is 0 Å². The molecule has 6 rings (SSSR count). The fourth-order valence-corrected chi connectivity index (χ4v) is 8.61. The number of nitrogens with zero attached hydrogens (tertiary/aromatic N) is 2. The molecule has 2 aliphatic rings. The molecule has 0 spiro atoms. The molecule has 0 bridgehead atoms. The van der Waals surface area contributed by atoms with E-state index in [2.05, 4.69) is 20.9 Å². The van der Waals surface area contributed by atoms with E-state index in [0.717, 1.165) is 10.0 Å². The molecule has 10 heteroatoms. The maximum absolute atomic E-state index is 14.4. The highest BCUT2D eigenvalue weighted by Gasteiger charge is 2.79. The largest absolute Gasteiger partial charge is 0.476 e. The Bertz CT molecular complexity index is 1660. The van der Waals surface area contributed by atoms with Crippen LogP contribution in [0.1, 0.15) is 28.3 Å². The Morgan fingerprint density at radius 2 is 1.65 bits per heavy atom. The van der Waals surface area contributed by atoms with Gasteiger partial charge in [0.2, 0.25) is 10.0 Å². The second-order valence-corrected chi connectivity index (χ2v) is 13.7. The van der Waals surface area contributed by atoms with Crippen LogP contribution in [0.15, 0.2) is 102 Å². The number of aliphatic hydroxyl groups excluding tert-OH is 1. The molecule has 0 unspecified atom stereocenters. The van der Waals surface area contributed by atoms with E-state index < -0.39 is 38.5 Å². The highest BCUT2D eigenvalue weighted by Crippen LogP contribution is 2.67. The molecule has 1 aliphatic heterocycles. The van der Waals surface area contributed by atoms with Crippen LogP contribution < -0.4 is 4.74 Å². The average molecular weight is 642 g/mol. The highest BCUT2D eigenvalue weighted by molar-refractivity contribution is 9.10. The molecule has 40 heavy (non-hydrogen) atoms. The van der Waals surface area contributed by atoms with Crippen LogP contribution in [0.2, 0.25) is 5.02 Å². The van der Waals surface area contributed by atoms with E-state index in [-0.39, 0.29) is 23.0 Å². The molecule has 0 amide bonds. The summed E-state index contributed by atoms with van der Waals surface area (Å²) < 4.78 is 37.5.